The number of aryl methyl sites for hydroxylation is 1. The molecular formula is C18H23N3O3S. The number of carboxylic acid groups (broad SMARTS) is 1. The summed E-state index contributed by atoms with van der Waals surface area (Å²) in [6.07, 6.45) is 1.35. The molecule has 1 atom stereocenters. The van der Waals surface area contributed by atoms with Crippen molar-refractivity contribution >= 4 is 35.0 Å². The van der Waals surface area contributed by atoms with Crippen molar-refractivity contribution in [3.05, 3.63) is 34.9 Å². The van der Waals surface area contributed by atoms with Crippen LogP contribution in [-0.2, 0) is 15.0 Å². The quantitative estimate of drug-likeness (QED) is 0.637. The molecule has 2 rings (SSSR count). The molecule has 1 unspecified atom stereocenters. The minimum Gasteiger partial charge on any atom is -0.481 e. The second-order valence-corrected chi connectivity index (χ2v) is 8.82. The van der Waals surface area contributed by atoms with E-state index in [1.165, 1.54) is 11.1 Å². The molecule has 1 aromatic rings. The molecule has 0 bridgehead atoms. The van der Waals surface area contributed by atoms with Gasteiger partial charge in [0.15, 0.2) is 5.17 Å². The molecule has 1 saturated heterocycles. The zero-order valence-electron chi connectivity index (χ0n) is 15.1. The largest absolute Gasteiger partial charge is 0.481 e. The number of aliphatic carboxylic acids is 1. The number of amides is 1. The van der Waals surface area contributed by atoms with Crippen LogP contribution in [0, 0.1) is 6.92 Å². The van der Waals surface area contributed by atoms with E-state index in [2.05, 4.69) is 49.3 Å². The first-order valence-corrected chi connectivity index (χ1v) is 8.77. The lowest BCUT2D eigenvalue weighted by Gasteiger charge is -2.21. The monoisotopic (exact) mass is 361 g/mol. The van der Waals surface area contributed by atoms with Gasteiger partial charge in [-0.25, -0.2) is 0 Å². The lowest BCUT2D eigenvalue weighted by molar-refractivity contribution is -0.139. The number of carboxylic acids is 1. The highest BCUT2D eigenvalue weighted by atomic mass is 32.2. The summed E-state index contributed by atoms with van der Waals surface area (Å²) in [6.45, 7) is 10.2. The first kappa shape index (κ1) is 19.2. The molecule has 0 aromatic heterocycles. The van der Waals surface area contributed by atoms with E-state index in [4.69, 9.17) is 5.11 Å². The number of amidine groups is 1. The van der Waals surface area contributed by atoms with Gasteiger partial charge in [0.2, 0.25) is 5.91 Å². The topological polar surface area (TPSA) is 91.1 Å². The first-order valence-electron chi connectivity index (χ1n) is 7.96. The second kappa shape index (κ2) is 7.00. The Morgan fingerprint density at radius 1 is 1.40 bits per heavy atom. The molecule has 0 spiro atoms. The molecule has 25 heavy (non-hydrogen) atoms. The number of nitrogens with one attached hydrogen (secondary N) is 1. The zero-order valence-corrected chi connectivity index (χ0v) is 15.9. The molecule has 2 N–H and O–H groups in total. The molecular weight excluding hydrogens is 338 g/mol. The Hall–Kier alpha value is -2.15. The third-order valence-electron chi connectivity index (χ3n) is 3.93. The Balaban J connectivity index is 2.11. The van der Waals surface area contributed by atoms with Crippen LogP contribution in [0.1, 0.15) is 50.8 Å². The van der Waals surface area contributed by atoms with Crippen LogP contribution in [0.4, 0.5) is 0 Å². The summed E-state index contributed by atoms with van der Waals surface area (Å²) in [5.74, 6) is -1.39. The van der Waals surface area contributed by atoms with Crippen LogP contribution in [0.2, 0.25) is 0 Å². The van der Waals surface area contributed by atoms with Gasteiger partial charge in [-0.2, -0.15) is 5.10 Å². The summed E-state index contributed by atoms with van der Waals surface area (Å²) in [6, 6.07) is 6.10. The fourth-order valence-corrected chi connectivity index (χ4v) is 3.72. The number of hydrogen-bond acceptors (Lipinski definition) is 5. The third kappa shape index (κ3) is 4.69. The van der Waals surface area contributed by atoms with Crippen LogP contribution >= 0.6 is 11.8 Å². The summed E-state index contributed by atoms with van der Waals surface area (Å²) in [4.78, 5) is 22.8. The van der Waals surface area contributed by atoms with E-state index in [1.54, 1.807) is 13.1 Å². The normalized spacial score (nSPS) is 22.6. The molecule has 1 aromatic carbocycles. The average molecular weight is 361 g/mol. The maximum atomic E-state index is 11.9. The van der Waals surface area contributed by atoms with Gasteiger partial charge in [-0.1, -0.05) is 50.7 Å². The first-order chi connectivity index (χ1) is 11.5. The Bertz CT molecular complexity index is 765. The molecule has 1 fully saturated rings. The minimum atomic E-state index is -1.05. The van der Waals surface area contributed by atoms with E-state index in [9.17, 15) is 9.59 Å². The van der Waals surface area contributed by atoms with Crippen molar-refractivity contribution in [2.45, 2.75) is 51.2 Å². The molecule has 1 amide bonds. The van der Waals surface area contributed by atoms with E-state index in [0.29, 0.717) is 5.17 Å². The van der Waals surface area contributed by atoms with Crippen molar-refractivity contribution < 1.29 is 14.7 Å². The maximum absolute atomic E-state index is 11.9. The van der Waals surface area contributed by atoms with E-state index in [0.717, 1.165) is 17.3 Å². The summed E-state index contributed by atoms with van der Waals surface area (Å²) in [5, 5.41) is 19.8. The Labute approximate surface area is 151 Å². The molecule has 6 nitrogen and oxygen atoms in total. The molecule has 7 heteroatoms. The van der Waals surface area contributed by atoms with Crippen molar-refractivity contribution in [1.82, 2.24) is 5.32 Å². The smallest absolute Gasteiger partial charge is 0.305 e. The zero-order chi connectivity index (χ0) is 18.8. The Kier molecular flexibility index (Phi) is 5.37. The van der Waals surface area contributed by atoms with Gasteiger partial charge in [0.1, 0.15) is 4.75 Å². The van der Waals surface area contributed by atoms with E-state index in [-0.39, 0.29) is 17.7 Å². The molecule has 0 aliphatic carbocycles. The number of thioether (sulfide) groups is 1. The van der Waals surface area contributed by atoms with Crippen molar-refractivity contribution in [3.63, 3.8) is 0 Å². The summed E-state index contributed by atoms with van der Waals surface area (Å²) in [5.41, 5.74) is 3.46. The van der Waals surface area contributed by atoms with Gasteiger partial charge in [-0.05, 0) is 36.0 Å². The van der Waals surface area contributed by atoms with E-state index < -0.39 is 10.7 Å². The van der Waals surface area contributed by atoms with Crippen molar-refractivity contribution in [2.75, 3.05) is 0 Å². The lowest BCUT2D eigenvalue weighted by atomic mass is 9.83. The minimum absolute atomic E-state index is 0.0827. The molecule has 1 heterocycles. The summed E-state index contributed by atoms with van der Waals surface area (Å²) >= 11 is 1.09. The fraction of sp³-hybridized carbons (Fsp3) is 0.444. The number of hydrogen-bond donors (Lipinski definition) is 2. The third-order valence-corrected chi connectivity index (χ3v) is 5.08. The van der Waals surface area contributed by atoms with Crippen LogP contribution in [0.3, 0.4) is 0 Å². The van der Waals surface area contributed by atoms with E-state index >= 15 is 0 Å². The molecule has 0 saturated carbocycles. The van der Waals surface area contributed by atoms with Crippen molar-refractivity contribution in [3.8, 4) is 0 Å². The second-order valence-electron chi connectivity index (χ2n) is 7.33. The van der Waals surface area contributed by atoms with Crippen molar-refractivity contribution in [1.29, 1.82) is 0 Å². The highest BCUT2D eigenvalue weighted by Crippen LogP contribution is 2.34. The maximum Gasteiger partial charge on any atom is 0.305 e. The molecule has 0 radical (unpaired) electrons. The molecule has 134 valence electrons. The lowest BCUT2D eigenvalue weighted by Crippen LogP contribution is -2.35. The number of rotatable bonds is 4. The molecule has 1 aliphatic rings. The van der Waals surface area contributed by atoms with Crippen molar-refractivity contribution in [2.24, 2.45) is 10.2 Å². The van der Waals surface area contributed by atoms with Gasteiger partial charge in [0.25, 0.3) is 0 Å². The van der Waals surface area contributed by atoms with Crippen LogP contribution in [0.15, 0.2) is 28.4 Å². The van der Waals surface area contributed by atoms with Crippen LogP contribution in [0.25, 0.3) is 0 Å². The number of nitrogens with zero attached hydrogens (tertiary/aromatic N) is 2. The highest BCUT2D eigenvalue weighted by molar-refractivity contribution is 8.16. The van der Waals surface area contributed by atoms with Gasteiger partial charge in [-0.15, -0.1) is 5.10 Å². The van der Waals surface area contributed by atoms with Crippen LogP contribution < -0.4 is 5.32 Å². The van der Waals surface area contributed by atoms with Gasteiger partial charge >= 0.3 is 5.97 Å². The predicted molar refractivity (Wildman–Crippen MR) is 101 cm³/mol. The number of carbonyl (C=O) groups excluding carboxylic acids is 1. The Morgan fingerprint density at radius 3 is 2.64 bits per heavy atom. The highest BCUT2D eigenvalue weighted by Gasteiger charge is 2.44. The fourth-order valence-electron chi connectivity index (χ4n) is 2.72. The average Bonchev–Trinajstić information content (AvgIpc) is 2.71. The number of benzene rings is 1. The summed E-state index contributed by atoms with van der Waals surface area (Å²) in [7, 11) is 0. The predicted octanol–water partition coefficient (Wildman–Crippen LogP) is 3.08. The van der Waals surface area contributed by atoms with Crippen LogP contribution in [0.5, 0.6) is 0 Å². The van der Waals surface area contributed by atoms with Crippen LogP contribution in [-0.4, -0.2) is 33.1 Å². The SMILES string of the molecule is Cc1cc(/C=N/N=C2/NC(=O)C(C)(CC(=O)O)S2)ccc1C(C)(C)C. The molecule has 1 aliphatic heterocycles. The van der Waals surface area contributed by atoms with Gasteiger partial charge in [0.05, 0.1) is 12.6 Å². The standard InChI is InChI=1S/C18H23N3O3S/c1-11-8-12(6-7-13(11)17(2,3)4)10-19-21-16-20-15(24)18(5,25-16)9-14(22)23/h6-8,10H,9H2,1-5H3,(H,22,23)(H,20,21,24)/b19-10+. The Morgan fingerprint density at radius 2 is 2.08 bits per heavy atom. The van der Waals surface area contributed by atoms with E-state index in [1.807, 2.05) is 12.1 Å². The number of carbonyl (C=O) groups is 2. The van der Waals surface area contributed by atoms with Gasteiger partial charge < -0.3 is 10.4 Å². The summed E-state index contributed by atoms with van der Waals surface area (Å²) < 4.78 is -1.05. The van der Waals surface area contributed by atoms with Gasteiger partial charge in [0, 0.05) is 0 Å². The van der Waals surface area contributed by atoms with Gasteiger partial charge in [-0.3, -0.25) is 9.59 Å².